The molecule has 0 fully saturated rings. The van der Waals surface area contributed by atoms with E-state index in [1.807, 2.05) is 25.1 Å². The standard InChI is InChI=1S/C15H11ClFN3/c1-10-13(16)3-2-4-14(10)20-15(18-9-19-20)11-5-7-12(17)8-6-11/h2-9H,1H3. The molecular weight excluding hydrogens is 277 g/mol. The summed E-state index contributed by atoms with van der Waals surface area (Å²) >= 11 is 6.14. The minimum atomic E-state index is -0.279. The molecule has 2 aromatic carbocycles. The second-order valence-electron chi connectivity index (χ2n) is 4.39. The molecule has 1 aromatic heterocycles. The molecule has 0 unspecified atom stereocenters. The molecule has 0 bridgehead atoms. The Balaban J connectivity index is 2.15. The van der Waals surface area contributed by atoms with E-state index in [9.17, 15) is 4.39 Å². The van der Waals surface area contributed by atoms with Gasteiger partial charge < -0.3 is 0 Å². The summed E-state index contributed by atoms with van der Waals surface area (Å²) in [6, 6.07) is 11.8. The van der Waals surface area contributed by atoms with E-state index in [0.29, 0.717) is 10.8 Å². The largest absolute Gasteiger partial charge is 0.215 e. The number of hydrogen-bond donors (Lipinski definition) is 0. The summed E-state index contributed by atoms with van der Waals surface area (Å²) in [6.07, 6.45) is 1.47. The summed E-state index contributed by atoms with van der Waals surface area (Å²) in [5.41, 5.74) is 2.57. The molecule has 0 saturated carbocycles. The SMILES string of the molecule is Cc1c(Cl)cccc1-n1ncnc1-c1ccc(F)cc1. The van der Waals surface area contributed by atoms with Gasteiger partial charge in [-0.2, -0.15) is 5.10 Å². The highest BCUT2D eigenvalue weighted by Crippen LogP contribution is 2.25. The van der Waals surface area contributed by atoms with Crippen LogP contribution in [0, 0.1) is 12.7 Å². The van der Waals surface area contributed by atoms with Gasteiger partial charge in [0.1, 0.15) is 12.1 Å². The van der Waals surface area contributed by atoms with Crippen LogP contribution in [0.1, 0.15) is 5.56 Å². The Morgan fingerprint density at radius 1 is 1.10 bits per heavy atom. The van der Waals surface area contributed by atoms with Crippen LogP contribution < -0.4 is 0 Å². The Kier molecular flexibility index (Phi) is 3.24. The zero-order valence-corrected chi connectivity index (χ0v) is 11.5. The van der Waals surface area contributed by atoms with Crippen LogP contribution in [0.4, 0.5) is 4.39 Å². The monoisotopic (exact) mass is 287 g/mol. The van der Waals surface area contributed by atoms with Crippen molar-refractivity contribution in [3.05, 3.63) is 65.2 Å². The first-order valence-corrected chi connectivity index (χ1v) is 6.46. The van der Waals surface area contributed by atoms with Crippen LogP contribution in [0.25, 0.3) is 17.1 Å². The van der Waals surface area contributed by atoms with Crippen LogP contribution in [-0.4, -0.2) is 14.8 Å². The maximum atomic E-state index is 13.0. The summed E-state index contributed by atoms with van der Waals surface area (Å²) in [6.45, 7) is 1.92. The average molecular weight is 288 g/mol. The quantitative estimate of drug-likeness (QED) is 0.712. The topological polar surface area (TPSA) is 30.7 Å². The van der Waals surface area contributed by atoms with Crippen LogP contribution in [0.3, 0.4) is 0 Å². The van der Waals surface area contributed by atoms with Gasteiger partial charge in [0.05, 0.1) is 5.69 Å². The van der Waals surface area contributed by atoms with E-state index >= 15 is 0 Å². The smallest absolute Gasteiger partial charge is 0.163 e. The molecule has 0 aliphatic heterocycles. The molecule has 3 aromatic rings. The number of halogens is 2. The third-order valence-electron chi connectivity index (χ3n) is 3.12. The number of nitrogens with zero attached hydrogens (tertiary/aromatic N) is 3. The van der Waals surface area contributed by atoms with E-state index in [1.54, 1.807) is 16.8 Å². The Hall–Kier alpha value is -2.20. The molecule has 3 nitrogen and oxygen atoms in total. The van der Waals surface area contributed by atoms with Gasteiger partial charge in [0.2, 0.25) is 0 Å². The molecule has 0 aliphatic rings. The maximum Gasteiger partial charge on any atom is 0.163 e. The van der Waals surface area contributed by atoms with Gasteiger partial charge >= 0.3 is 0 Å². The average Bonchev–Trinajstić information content (AvgIpc) is 2.92. The third kappa shape index (κ3) is 2.18. The third-order valence-corrected chi connectivity index (χ3v) is 3.53. The van der Waals surface area contributed by atoms with Crippen molar-refractivity contribution in [2.75, 3.05) is 0 Å². The van der Waals surface area contributed by atoms with Gasteiger partial charge in [-0.25, -0.2) is 14.1 Å². The zero-order chi connectivity index (χ0) is 14.1. The van der Waals surface area contributed by atoms with Gasteiger partial charge in [-0.05, 0) is 48.9 Å². The van der Waals surface area contributed by atoms with Gasteiger partial charge in [0.15, 0.2) is 5.82 Å². The molecule has 0 atom stereocenters. The van der Waals surface area contributed by atoms with Crippen LogP contribution in [0.15, 0.2) is 48.8 Å². The molecule has 20 heavy (non-hydrogen) atoms. The molecule has 0 saturated heterocycles. The summed E-state index contributed by atoms with van der Waals surface area (Å²) in [5, 5.41) is 4.91. The maximum absolute atomic E-state index is 13.0. The summed E-state index contributed by atoms with van der Waals surface area (Å²) in [7, 11) is 0. The molecule has 1 heterocycles. The normalized spacial score (nSPS) is 10.8. The van der Waals surface area contributed by atoms with E-state index in [4.69, 9.17) is 11.6 Å². The van der Waals surface area contributed by atoms with E-state index in [1.165, 1.54) is 18.5 Å². The van der Waals surface area contributed by atoms with Crippen LogP contribution >= 0.6 is 11.6 Å². The molecule has 0 radical (unpaired) electrons. The highest BCUT2D eigenvalue weighted by atomic mass is 35.5. The number of benzene rings is 2. The Bertz CT molecular complexity index is 750. The summed E-state index contributed by atoms with van der Waals surface area (Å²) in [4.78, 5) is 4.25. The molecule has 3 rings (SSSR count). The summed E-state index contributed by atoms with van der Waals surface area (Å²) < 4.78 is 14.7. The lowest BCUT2D eigenvalue weighted by molar-refractivity contribution is 0.628. The van der Waals surface area contributed by atoms with Gasteiger partial charge in [0, 0.05) is 10.6 Å². The summed E-state index contributed by atoms with van der Waals surface area (Å²) in [5.74, 6) is 0.370. The van der Waals surface area contributed by atoms with Crippen LogP contribution in [-0.2, 0) is 0 Å². The first-order valence-electron chi connectivity index (χ1n) is 6.08. The highest BCUT2D eigenvalue weighted by Gasteiger charge is 2.12. The van der Waals surface area contributed by atoms with Crippen LogP contribution in [0.5, 0.6) is 0 Å². The molecule has 0 N–H and O–H groups in total. The van der Waals surface area contributed by atoms with Gasteiger partial charge in [0.25, 0.3) is 0 Å². The fraction of sp³-hybridized carbons (Fsp3) is 0.0667. The first-order chi connectivity index (χ1) is 9.66. The van der Waals surface area contributed by atoms with Crippen molar-refractivity contribution >= 4 is 11.6 Å². The van der Waals surface area contributed by atoms with Crippen molar-refractivity contribution in [3.63, 3.8) is 0 Å². The van der Waals surface area contributed by atoms with Crippen molar-refractivity contribution < 1.29 is 4.39 Å². The molecule has 5 heteroatoms. The van der Waals surface area contributed by atoms with E-state index in [-0.39, 0.29) is 5.82 Å². The van der Waals surface area contributed by atoms with E-state index in [2.05, 4.69) is 10.1 Å². The zero-order valence-electron chi connectivity index (χ0n) is 10.7. The van der Waals surface area contributed by atoms with Crippen molar-refractivity contribution in [2.45, 2.75) is 6.92 Å². The highest BCUT2D eigenvalue weighted by molar-refractivity contribution is 6.31. The van der Waals surface area contributed by atoms with Gasteiger partial charge in [-0.15, -0.1) is 0 Å². The predicted octanol–water partition coefficient (Wildman–Crippen LogP) is 4.04. The molecule has 0 aliphatic carbocycles. The van der Waals surface area contributed by atoms with Crippen molar-refractivity contribution in [2.24, 2.45) is 0 Å². The predicted molar refractivity (Wildman–Crippen MR) is 76.5 cm³/mol. The lowest BCUT2D eigenvalue weighted by Crippen LogP contribution is -2.02. The van der Waals surface area contributed by atoms with E-state index < -0.39 is 0 Å². The van der Waals surface area contributed by atoms with Gasteiger partial charge in [-0.1, -0.05) is 17.7 Å². The Morgan fingerprint density at radius 3 is 2.60 bits per heavy atom. The molecular formula is C15H11ClFN3. The second kappa shape index (κ2) is 5.06. The first kappa shape index (κ1) is 12.8. The minimum absolute atomic E-state index is 0.279. The Morgan fingerprint density at radius 2 is 1.85 bits per heavy atom. The number of hydrogen-bond acceptors (Lipinski definition) is 2. The fourth-order valence-electron chi connectivity index (χ4n) is 2.04. The van der Waals surface area contributed by atoms with Crippen LogP contribution in [0.2, 0.25) is 5.02 Å². The lowest BCUT2D eigenvalue weighted by atomic mass is 10.1. The second-order valence-corrected chi connectivity index (χ2v) is 4.79. The van der Waals surface area contributed by atoms with Crippen molar-refractivity contribution in [1.82, 2.24) is 14.8 Å². The minimum Gasteiger partial charge on any atom is -0.215 e. The molecule has 100 valence electrons. The molecule has 0 spiro atoms. The fourth-order valence-corrected chi connectivity index (χ4v) is 2.21. The molecule has 0 amide bonds. The lowest BCUT2D eigenvalue weighted by Gasteiger charge is -2.10. The van der Waals surface area contributed by atoms with E-state index in [0.717, 1.165) is 16.8 Å². The Labute approximate surface area is 120 Å². The van der Waals surface area contributed by atoms with Crippen molar-refractivity contribution in [3.8, 4) is 17.1 Å². The number of aromatic nitrogens is 3. The van der Waals surface area contributed by atoms with Crippen molar-refractivity contribution in [1.29, 1.82) is 0 Å². The number of rotatable bonds is 2. The van der Waals surface area contributed by atoms with Gasteiger partial charge in [-0.3, -0.25) is 0 Å².